The van der Waals surface area contributed by atoms with E-state index in [0.29, 0.717) is 24.5 Å². The summed E-state index contributed by atoms with van der Waals surface area (Å²) in [5, 5.41) is 11.6. The Morgan fingerprint density at radius 3 is 2.48 bits per heavy atom. The van der Waals surface area contributed by atoms with Crippen LogP contribution in [0, 0.1) is 11.3 Å². The first-order valence-electron chi connectivity index (χ1n) is 7.32. The molecule has 0 aromatic heterocycles. The minimum Gasteiger partial charge on any atom is -0.494 e. The molecule has 0 fully saturated rings. The van der Waals surface area contributed by atoms with Gasteiger partial charge in [-0.3, -0.25) is 4.79 Å². The number of carbonyl (C=O) groups is 1. The Hall–Kier alpha value is -2.45. The summed E-state index contributed by atoms with van der Waals surface area (Å²) in [6.07, 6.45) is 0. The van der Waals surface area contributed by atoms with E-state index in [4.69, 9.17) is 10.00 Å². The van der Waals surface area contributed by atoms with Gasteiger partial charge in [-0.05, 0) is 48.9 Å². The normalized spacial score (nSPS) is 9.91. The molecular formula is C18H18N2O2S. The first-order valence-corrected chi connectivity index (χ1v) is 8.31. The highest BCUT2D eigenvalue weighted by molar-refractivity contribution is 8.00. The summed E-state index contributed by atoms with van der Waals surface area (Å²) in [7, 11) is 0. The number of nitrogens with zero attached hydrogens (tertiary/aromatic N) is 1. The van der Waals surface area contributed by atoms with Crippen LogP contribution in [-0.4, -0.2) is 18.3 Å². The van der Waals surface area contributed by atoms with Crippen LogP contribution in [0.1, 0.15) is 18.1 Å². The van der Waals surface area contributed by atoms with E-state index in [1.165, 1.54) is 11.8 Å². The minimum atomic E-state index is -0.0201. The molecule has 0 aliphatic heterocycles. The first-order chi connectivity index (χ1) is 11.2. The molecule has 2 aromatic carbocycles. The van der Waals surface area contributed by atoms with Crippen LogP contribution < -0.4 is 10.1 Å². The first kappa shape index (κ1) is 16.9. The Bertz CT molecular complexity index is 676. The highest BCUT2D eigenvalue weighted by Crippen LogP contribution is 2.21. The number of nitriles is 1. The molecule has 1 amide bonds. The van der Waals surface area contributed by atoms with E-state index in [1.807, 2.05) is 43.3 Å². The van der Waals surface area contributed by atoms with E-state index >= 15 is 0 Å². The molecule has 0 spiro atoms. The predicted molar refractivity (Wildman–Crippen MR) is 91.3 cm³/mol. The fraction of sp³-hybridized carbons (Fsp3) is 0.222. The Morgan fingerprint density at radius 1 is 1.17 bits per heavy atom. The van der Waals surface area contributed by atoms with Crippen LogP contribution in [0.5, 0.6) is 5.75 Å². The third-order valence-electron chi connectivity index (χ3n) is 3.08. The Balaban J connectivity index is 1.75. The second-order valence-corrected chi connectivity index (χ2v) is 5.83. The van der Waals surface area contributed by atoms with Gasteiger partial charge in [-0.2, -0.15) is 5.26 Å². The second-order valence-electron chi connectivity index (χ2n) is 4.78. The minimum absolute atomic E-state index is 0.0201. The lowest BCUT2D eigenvalue weighted by Crippen LogP contribution is -2.24. The largest absolute Gasteiger partial charge is 0.494 e. The third-order valence-corrected chi connectivity index (χ3v) is 4.09. The molecule has 0 saturated heterocycles. The predicted octanol–water partition coefficient (Wildman–Crippen LogP) is 3.37. The summed E-state index contributed by atoms with van der Waals surface area (Å²) >= 11 is 1.49. The van der Waals surface area contributed by atoms with Crippen LogP contribution in [0.4, 0.5) is 0 Å². The zero-order chi connectivity index (χ0) is 16.5. The molecule has 0 aliphatic rings. The average Bonchev–Trinajstić information content (AvgIpc) is 2.60. The van der Waals surface area contributed by atoms with Crippen molar-refractivity contribution in [1.29, 1.82) is 5.26 Å². The van der Waals surface area contributed by atoms with Crippen molar-refractivity contribution >= 4 is 17.7 Å². The van der Waals surface area contributed by atoms with E-state index in [9.17, 15) is 4.79 Å². The molecule has 2 rings (SSSR count). The van der Waals surface area contributed by atoms with Crippen LogP contribution in [0.3, 0.4) is 0 Å². The van der Waals surface area contributed by atoms with Gasteiger partial charge in [-0.1, -0.05) is 12.1 Å². The maximum absolute atomic E-state index is 11.9. The van der Waals surface area contributed by atoms with Crippen molar-refractivity contribution in [2.45, 2.75) is 18.4 Å². The molecule has 2 aromatic rings. The third kappa shape index (κ3) is 5.68. The van der Waals surface area contributed by atoms with Gasteiger partial charge < -0.3 is 10.1 Å². The van der Waals surface area contributed by atoms with Gasteiger partial charge in [-0.15, -0.1) is 11.8 Å². The number of nitrogens with one attached hydrogen (secondary N) is 1. The van der Waals surface area contributed by atoms with Crippen molar-refractivity contribution in [3.63, 3.8) is 0 Å². The Morgan fingerprint density at radius 2 is 1.87 bits per heavy atom. The molecule has 0 atom stereocenters. The lowest BCUT2D eigenvalue weighted by atomic mass is 10.1. The number of carbonyl (C=O) groups excluding carboxylic acids is 1. The molecule has 5 heteroatoms. The molecular weight excluding hydrogens is 308 g/mol. The van der Waals surface area contributed by atoms with Crippen molar-refractivity contribution in [2.24, 2.45) is 0 Å². The zero-order valence-corrected chi connectivity index (χ0v) is 13.7. The number of rotatable bonds is 7. The second kappa shape index (κ2) is 8.86. The van der Waals surface area contributed by atoms with Gasteiger partial charge in [0.25, 0.3) is 0 Å². The summed E-state index contributed by atoms with van der Waals surface area (Å²) < 4.78 is 5.38. The molecule has 0 saturated carbocycles. The maximum Gasteiger partial charge on any atom is 0.230 e. The van der Waals surface area contributed by atoms with E-state index in [1.54, 1.807) is 12.1 Å². The van der Waals surface area contributed by atoms with Crippen molar-refractivity contribution in [3.05, 3.63) is 59.7 Å². The van der Waals surface area contributed by atoms with Gasteiger partial charge in [0.2, 0.25) is 5.91 Å². The van der Waals surface area contributed by atoms with Crippen molar-refractivity contribution in [2.75, 3.05) is 12.4 Å². The van der Waals surface area contributed by atoms with Gasteiger partial charge in [0.1, 0.15) is 5.75 Å². The van der Waals surface area contributed by atoms with E-state index in [-0.39, 0.29) is 5.91 Å². The number of benzene rings is 2. The molecule has 118 valence electrons. The van der Waals surface area contributed by atoms with Crippen molar-refractivity contribution < 1.29 is 9.53 Å². The van der Waals surface area contributed by atoms with Crippen molar-refractivity contribution in [1.82, 2.24) is 5.32 Å². The Labute approximate surface area is 140 Å². The number of hydrogen-bond donors (Lipinski definition) is 1. The quantitative estimate of drug-likeness (QED) is 0.793. The standard InChI is InChI=1S/C18H18N2O2S/c1-2-22-16-7-9-17(10-8-16)23-13-18(21)20-12-15-5-3-14(11-19)4-6-15/h3-10H,2,12-13H2,1H3,(H,20,21). The number of thioether (sulfide) groups is 1. The fourth-order valence-corrected chi connectivity index (χ4v) is 2.62. The van der Waals surface area contributed by atoms with Gasteiger partial charge in [0.05, 0.1) is 24.0 Å². The van der Waals surface area contributed by atoms with Gasteiger partial charge in [0.15, 0.2) is 0 Å². The molecule has 0 radical (unpaired) electrons. The van der Waals surface area contributed by atoms with Crippen LogP contribution in [-0.2, 0) is 11.3 Å². The smallest absolute Gasteiger partial charge is 0.230 e. The molecule has 0 heterocycles. The van der Waals surface area contributed by atoms with Gasteiger partial charge in [-0.25, -0.2) is 0 Å². The molecule has 23 heavy (non-hydrogen) atoms. The molecule has 0 unspecified atom stereocenters. The molecule has 0 aliphatic carbocycles. The summed E-state index contributed by atoms with van der Waals surface area (Å²) in [5.74, 6) is 1.18. The number of ether oxygens (including phenoxy) is 1. The van der Waals surface area contributed by atoms with Crippen LogP contribution in [0.25, 0.3) is 0 Å². The highest BCUT2D eigenvalue weighted by Gasteiger charge is 2.03. The topological polar surface area (TPSA) is 62.1 Å². The number of hydrogen-bond acceptors (Lipinski definition) is 4. The van der Waals surface area contributed by atoms with Gasteiger partial charge >= 0.3 is 0 Å². The van der Waals surface area contributed by atoms with Crippen molar-refractivity contribution in [3.8, 4) is 11.8 Å². The van der Waals surface area contributed by atoms with Crippen LogP contribution in [0.2, 0.25) is 0 Å². The fourth-order valence-electron chi connectivity index (χ4n) is 1.90. The average molecular weight is 326 g/mol. The lowest BCUT2D eigenvalue weighted by Gasteiger charge is -2.06. The molecule has 0 bridgehead atoms. The summed E-state index contributed by atoms with van der Waals surface area (Å²) in [6, 6.07) is 17.0. The summed E-state index contributed by atoms with van der Waals surface area (Å²) in [4.78, 5) is 12.9. The lowest BCUT2D eigenvalue weighted by molar-refractivity contribution is -0.118. The number of amides is 1. The summed E-state index contributed by atoms with van der Waals surface area (Å²) in [6.45, 7) is 3.06. The molecule has 1 N–H and O–H groups in total. The highest BCUT2D eigenvalue weighted by atomic mass is 32.2. The monoisotopic (exact) mass is 326 g/mol. The van der Waals surface area contributed by atoms with E-state index in [2.05, 4.69) is 11.4 Å². The SMILES string of the molecule is CCOc1ccc(SCC(=O)NCc2ccc(C#N)cc2)cc1. The van der Waals surface area contributed by atoms with E-state index in [0.717, 1.165) is 16.2 Å². The Kier molecular flexibility index (Phi) is 6.52. The van der Waals surface area contributed by atoms with Crippen LogP contribution >= 0.6 is 11.8 Å². The molecule has 4 nitrogen and oxygen atoms in total. The maximum atomic E-state index is 11.9. The zero-order valence-electron chi connectivity index (χ0n) is 12.9. The summed E-state index contributed by atoms with van der Waals surface area (Å²) in [5.41, 5.74) is 1.59. The van der Waals surface area contributed by atoms with Gasteiger partial charge in [0, 0.05) is 11.4 Å². The van der Waals surface area contributed by atoms with E-state index < -0.39 is 0 Å². The van der Waals surface area contributed by atoms with Crippen LogP contribution in [0.15, 0.2) is 53.4 Å².